The molecule has 1 saturated heterocycles. The Morgan fingerprint density at radius 2 is 2.18 bits per heavy atom. The van der Waals surface area contributed by atoms with E-state index >= 15 is 0 Å². The van der Waals surface area contributed by atoms with Crippen LogP contribution in [0.4, 0.5) is 8.78 Å². The maximum Gasteiger partial charge on any atom is 0.262 e. The molecule has 0 bridgehead atoms. The molecule has 1 aromatic rings. The molecule has 0 spiro atoms. The summed E-state index contributed by atoms with van der Waals surface area (Å²) < 4.78 is 37.5. The molecule has 2 aliphatic heterocycles. The summed E-state index contributed by atoms with van der Waals surface area (Å²) in [6.07, 6.45) is 0.326. The van der Waals surface area contributed by atoms with E-state index in [1.807, 2.05) is 18.2 Å². The van der Waals surface area contributed by atoms with Crippen LogP contribution >= 0.6 is 0 Å². The highest BCUT2D eigenvalue weighted by atomic mass is 19.3. The van der Waals surface area contributed by atoms with Crippen LogP contribution in [0, 0.1) is 0 Å². The minimum absolute atomic E-state index is 0.217. The Balaban J connectivity index is 1.63. The fraction of sp³-hybridized carbons (Fsp3) is 0.533. The number of hydrogen-bond acceptors (Lipinski definition) is 4. The van der Waals surface area contributed by atoms with Gasteiger partial charge < -0.3 is 14.8 Å². The largest absolute Gasteiger partial charge is 0.490 e. The molecule has 1 amide bonds. The van der Waals surface area contributed by atoms with Gasteiger partial charge in [-0.2, -0.15) is 0 Å². The van der Waals surface area contributed by atoms with Crippen molar-refractivity contribution in [3.05, 3.63) is 23.8 Å². The second kappa shape index (κ2) is 6.08. The molecule has 0 radical (unpaired) electrons. The molecule has 120 valence electrons. The van der Waals surface area contributed by atoms with Crippen molar-refractivity contribution in [3.8, 4) is 11.5 Å². The van der Waals surface area contributed by atoms with Gasteiger partial charge in [0.2, 0.25) is 5.91 Å². The number of para-hydroxylation sites is 1. The number of fused-ring (bicyclic) bond motifs is 1. The SMILES string of the molecule is O=C(NCc1cccc2c1OCCCO2)C1CC(F)(F)CN1. The molecule has 2 heterocycles. The molecule has 1 atom stereocenters. The van der Waals surface area contributed by atoms with Gasteiger partial charge in [-0.1, -0.05) is 12.1 Å². The number of halogens is 2. The standard InChI is InChI=1S/C15H18F2N2O3/c16-15(17)7-11(19-9-15)14(20)18-8-10-3-1-4-12-13(10)22-6-2-5-21-12/h1,3-4,11,19H,2,5-9H2,(H,18,20). The Bertz CT molecular complexity index is 566. The van der Waals surface area contributed by atoms with Gasteiger partial charge in [0.1, 0.15) is 0 Å². The Kier molecular flexibility index (Phi) is 4.15. The van der Waals surface area contributed by atoms with Crippen LogP contribution in [0.15, 0.2) is 18.2 Å². The van der Waals surface area contributed by atoms with E-state index in [-0.39, 0.29) is 6.54 Å². The summed E-state index contributed by atoms with van der Waals surface area (Å²) >= 11 is 0. The smallest absolute Gasteiger partial charge is 0.262 e. The van der Waals surface area contributed by atoms with Crippen LogP contribution in [-0.2, 0) is 11.3 Å². The highest BCUT2D eigenvalue weighted by Crippen LogP contribution is 2.33. The van der Waals surface area contributed by atoms with E-state index in [0.29, 0.717) is 24.7 Å². The average molecular weight is 312 g/mol. The fourth-order valence-electron chi connectivity index (χ4n) is 2.60. The second-order valence-corrected chi connectivity index (χ2v) is 5.51. The third-order valence-electron chi connectivity index (χ3n) is 3.73. The molecule has 0 aliphatic carbocycles. The zero-order valence-corrected chi connectivity index (χ0v) is 12.0. The first-order valence-corrected chi connectivity index (χ1v) is 7.32. The van der Waals surface area contributed by atoms with Gasteiger partial charge in [-0.15, -0.1) is 0 Å². The number of nitrogens with one attached hydrogen (secondary N) is 2. The summed E-state index contributed by atoms with van der Waals surface area (Å²) in [6.45, 7) is 0.899. The Morgan fingerprint density at radius 1 is 1.36 bits per heavy atom. The van der Waals surface area contributed by atoms with E-state index in [4.69, 9.17) is 9.47 Å². The molecule has 7 heteroatoms. The van der Waals surface area contributed by atoms with Crippen molar-refractivity contribution in [1.29, 1.82) is 0 Å². The van der Waals surface area contributed by atoms with Crippen molar-refractivity contribution >= 4 is 5.91 Å². The first-order valence-electron chi connectivity index (χ1n) is 7.32. The lowest BCUT2D eigenvalue weighted by Gasteiger charge is -2.15. The van der Waals surface area contributed by atoms with Gasteiger partial charge >= 0.3 is 0 Å². The first kappa shape index (κ1) is 15.0. The van der Waals surface area contributed by atoms with Crippen LogP contribution in [-0.4, -0.2) is 37.6 Å². The van der Waals surface area contributed by atoms with Crippen molar-refractivity contribution < 1.29 is 23.0 Å². The minimum Gasteiger partial charge on any atom is -0.490 e. The number of amides is 1. The van der Waals surface area contributed by atoms with Gasteiger partial charge in [0, 0.05) is 24.9 Å². The monoisotopic (exact) mass is 312 g/mol. The summed E-state index contributed by atoms with van der Waals surface area (Å²) in [5, 5.41) is 5.22. The Labute approximate surface area is 127 Å². The third-order valence-corrected chi connectivity index (χ3v) is 3.73. The molecular formula is C15H18F2N2O3. The zero-order chi connectivity index (χ0) is 15.6. The van der Waals surface area contributed by atoms with E-state index in [2.05, 4.69) is 10.6 Å². The normalized spacial score (nSPS) is 22.9. The van der Waals surface area contributed by atoms with E-state index in [0.717, 1.165) is 12.0 Å². The van der Waals surface area contributed by atoms with Crippen molar-refractivity contribution in [1.82, 2.24) is 10.6 Å². The van der Waals surface area contributed by atoms with Gasteiger partial charge in [0.05, 0.1) is 25.8 Å². The van der Waals surface area contributed by atoms with Crippen LogP contribution < -0.4 is 20.1 Å². The molecule has 5 nitrogen and oxygen atoms in total. The molecule has 3 rings (SSSR count). The number of carbonyl (C=O) groups is 1. The number of hydrogen-bond donors (Lipinski definition) is 2. The highest BCUT2D eigenvalue weighted by molar-refractivity contribution is 5.82. The van der Waals surface area contributed by atoms with Crippen molar-refractivity contribution in [2.75, 3.05) is 19.8 Å². The Morgan fingerprint density at radius 3 is 2.95 bits per heavy atom. The van der Waals surface area contributed by atoms with Gasteiger partial charge in [0.15, 0.2) is 11.5 Å². The van der Waals surface area contributed by atoms with Gasteiger partial charge in [0.25, 0.3) is 5.92 Å². The fourth-order valence-corrected chi connectivity index (χ4v) is 2.60. The summed E-state index contributed by atoms with van der Waals surface area (Å²) in [7, 11) is 0. The molecule has 2 aliphatic rings. The van der Waals surface area contributed by atoms with E-state index < -0.39 is 30.8 Å². The summed E-state index contributed by atoms with van der Waals surface area (Å²) in [5.41, 5.74) is 0.775. The summed E-state index contributed by atoms with van der Waals surface area (Å²) in [5.74, 6) is -1.98. The van der Waals surface area contributed by atoms with Crippen LogP contribution in [0.3, 0.4) is 0 Å². The van der Waals surface area contributed by atoms with Gasteiger partial charge in [-0.3, -0.25) is 10.1 Å². The number of alkyl halides is 2. The zero-order valence-electron chi connectivity index (χ0n) is 12.0. The second-order valence-electron chi connectivity index (χ2n) is 5.51. The third kappa shape index (κ3) is 3.30. The number of carbonyl (C=O) groups excluding carboxylic acids is 1. The number of ether oxygens (including phenoxy) is 2. The molecule has 2 N–H and O–H groups in total. The lowest BCUT2D eigenvalue weighted by molar-refractivity contribution is -0.123. The highest BCUT2D eigenvalue weighted by Gasteiger charge is 2.42. The van der Waals surface area contributed by atoms with E-state index in [1.54, 1.807) is 0 Å². The summed E-state index contributed by atoms with van der Waals surface area (Å²) in [6, 6.07) is 4.60. The van der Waals surface area contributed by atoms with Crippen LogP contribution in [0.5, 0.6) is 11.5 Å². The predicted octanol–water partition coefficient (Wildman–Crippen LogP) is 1.46. The van der Waals surface area contributed by atoms with Crippen molar-refractivity contribution in [2.45, 2.75) is 31.4 Å². The number of rotatable bonds is 3. The first-order chi connectivity index (χ1) is 10.6. The summed E-state index contributed by atoms with van der Waals surface area (Å²) in [4.78, 5) is 12.0. The molecule has 1 fully saturated rings. The number of benzene rings is 1. The quantitative estimate of drug-likeness (QED) is 0.887. The van der Waals surface area contributed by atoms with Gasteiger partial charge in [-0.25, -0.2) is 8.78 Å². The predicted molar refractivity (Wildman–Crippen MR) is 75.3 cm³/mol. The minimum atomic E-state index is -2.82. The molecule has 0 aromatic heterocycles. The molecule has 0 saturated carbocycles. The van der Waals surface area contributed by atoms with Crippen molar-refractivity contribution in [2.24, 2.45) is 0 Å². The lowest BCUT2D eigenvalue weighted by atomic mass is 10.1. The molecular weight excluding hydrogens is 294 g/mol. The van der Waals surface area contributed by atoms with Crippen molar-refractivity contribution in [3.63, 3.8) is 0 Å². The lowest BCUT2D eigenvalue weighted by Crippen LogP contribution is -2.40. The maximum atomic E-state index is 13.1. The average Bonchev–Trinajstić information content (AvgIpc) is 2.72. The molecule has 1 unspecified atom stereocenters. The maximum absolute atomic E-state index is 13.1. The topological polar surface area (TPSA) is 59.6 Å². The van der Waals surface area contributed by atoms with E-state index in [9.17, 15) is 13.6 Å². The van der Waals surface area contributed by atoms with E-state index in [1.165, 1.54) is 0 Å². The Hall–Kier alpha value is -1.89. The molecule has 22 heavy (non-hydrogen) atoms. The molecule has 1 aromatic carbocycles. The van der Waals surface area contributed by atoms with Crippen LogP contribution in [0.25, 0.3) is 0 Å². The van der Waals surface area contributed by atoms with Crippen LogP contribution in [0.1, 0.15) is 18.4 Å². The van der Waals surface area contributed by atoms with Gasteiger partial charge in [-0.05, 0) is 6.07 Å². The van der Waals surface area contributed by atoms with Crippen LogP contribution in [0.2, 0.25) is 0 Å².